The second kappa shape index (κ2) is 4.99. The van der Waals surface area contributed by atoms with E-state index in [9.17, 15) is 8.78 Å². The van der Waals surface area contributed by atoms with Gasteiger partial charge in [-0.15, -0.1) is 0 Å². The number of hydrogen-bond acceptors (Lipinski definition) is 5. The number of fused-ring (bicyclic) bond motifs is 1. The zero-order valence-electron chi connectivity index (χ0n) is 12.1. The monoisotopic (exact) mass is 313 g/mol. The molecule has 5 nitrogen and oxygen atoms in total. The summed E-state index contributed by atoms with van der Waals surface area (Å²) < 4.78 is 26.4. The van der Waals surface area contributed by atoms with E-state index in [1.165, 1.54) is 6.20 Å². The van der Waals surface area contributed by atoms with Gasteiger partial charge in [-0.05, 0) is 24.3 Å². The van der Waals surface area contributed by atoms with Crippen LogP contribution in [0.2, 0.25) is 0 Å². The topological polar surface area (TPSA) is 77.6 Å². The summed E-state index contributed by atoms with van der Waals surface area (Å²) in [7, 11) is 0. The Morgan fingerprint density at radius 3 is 2.65 bits per heavy atom. The first-order chi connectivity index (χ1) is 11.1. The second-order valence-corrected chi connectivity index (χ2v) is 5.59. The summed E-state index contributed by atoms with van der Waals surface area (Å²) in [4.78, 5) is 17.0. The average molecular weight is 313 g/mol. The Morgan fingerprint density at radius 1 is 1.13 bits per heavy atom. The maximum absolute atomic E-state index is 13.2. The van der Waals surface area contributed by atoms with Crippen LogP contribution in [0.4, 0.5) is 8.78 Å². The van der Waals surface area contributed by atoms with E-state index >= 15 is 0 Å². The maximum atomic E-state index is 13.2. The van der Waals surface area contributed by atoms with Crippen molar-refractivity contribution in [1.29, 1.82) is 0 Å². The number of pyridine rings is 2. The van der Waals surface area contributed by atoms with Crippen molar-refractivity contribution in [3.63, 3.8) is 0 Å². The lowest BCUT2D eigenvalue weighted by Gasteiger charge is -2.05. The maximum Gasteiger partial charge on any atom is 0.259 e. The summed E-state index contributed by atoms with van der Waals surface area (Å²) in [6.07, 6.45) is 3.02. The van der Waals surface area contributed by atoms with Gasteiger partial charge in [-0.25, -0.2) is 23.7 Å². The minimum Gasteiger partial charge on any atom is -0.325 e. The number of aromatic nitrogens is 4. The molecule has 3 aromatic heterocycles. The van der Waals surface area contributed by atoms with Crippen LogP contribution in [0.1, 0.15) is 23.9 Å². The number of alkyl halides is 2. The minimum atomic E-state index is -2.68. The molecule has 0 saturated heterocycles. The van der Waals surface area contributed by atoms with Gasteiger partial charge in [0.2, 0.25) is 0 Å². The van der Waals surface area contributed by atoms with E-state index in [0.717, 1.165) is 16.6 Å². The molecule has 1 fully saturated rings. The van der Waals surface area contributed by atoms with Crippen molar-refractivity contribution in [3.8, 4) is 11.4 Å². The molecule has 1 saturated carbocycles. The highest BCUT2D eigenvalue weighted by Crippen LogP contribution is 2.54. The normalized spacial score (nSPS) is 19.0. The van der Waals surface area contributed by atoms with Gasteiger partial charge < -0.3 is 5.73 Å². The van der Waals surface area contributed by atoms with E-state index in [4.69, 9.17) is 5.73 Å². The third kappa shape index (κ3) is 2.53. The van der Waals surface area contributed by atoms with Crippen molar-refractivity contribution in [1.82, 2.24) is 19.9 Å². The van der Waals surface area contributed by atoms with Crippen molar-refractivity contribution in [2.75, 3.05) is 0 Å². The predicted octanol–water partition coefficient (Wildman–Crippen LogP) is 2.67. The first kappa shape index (κ1) is 14.1. The number of nitrogens with zero attached hydrogens (tertiary/aromatic N) is 4. The van der Waals surface area contributed by atoms with E-state index in [1.807, 2.05) is 12.1 Å². The van der Waals surface area contributed by atoms with Crippen molar-refractivity contribution >= 4 is 10.9 Å². The van der Waals surface area contributed by atoms with Crippen molar-refractivity contribution in [3.05, 3.63) is 48.2 Å². The van der Waals surface area contributed by atoms with Gasteiger partial charge in [0.1, 0.15) is 5.82 Å². The molecule has 0 spiro atoms. The Kier molecular flexibility index (Phi) is 3.05. The molecule has 0 aromatic carbocycles. The van der Waals surface area contributed by atoms with Gasteiger partial charge in [0.05, 0.1) is 28.5 Å². The summed E-state index contributed by atoms with van der Waals surface area (Å²) in [6, 6.07) is 7.15. The van der Waals surface area contributed by atoms with Gasteiger partial charge in [-0.3, -0.25) is 4.98 Å². The molecule has 2 N–H and O–H groups in total. The molecule has 1 unspecified atom stereocenters. The highest BCUT2D eigenvalue weighted by Gasteiger charge is 2.59. The third-order valence-corrected chi connectivity index (χ3v) is 3.91. The minimum absolute atomic E-state index is 0.173. The zero-order chi connectivity index (χ0) is 16.0. The number of nitrogens with two attached hydrogens (primary N) is 1. The molecule has 3 heterocycles. The molecular formula is C16H13F2N5. The summed E-state index contributed by atoms with van der Waals surface area (Å²) >= 11 is 0. The lowest BCUT2D eigenvalue weighted by molar-refractivity contribution is 0.111. The van der Waals surface area contributed by atoms with Crippen LogP contribution in [0.5, 0.6) is 0 Å². The summed E-state index contributed by atoms with van der Waals surface area (Å²) in [5.41, 5.74) is 8.22. The van der Waals surface area contributed by atoms with Crippen LogP contribution >= 0.6 is 0 Å². The van der Waals surface area contributed by atoms with Gasteiger partial charge in [0.15, 0.2) is 0 Å². The third-order valence-electron chi connectivity index (χ3n) is 3.91. The zero-order valence-corrected chi connectivity index (χ0v) is 12.1. The number of halogens is 2. The summed E-state index contributed by atoms with van der Waals surface area (Å²) in [6.45, 7) is 0.330. The molecular weight excluding hydrogens is 300 g/mol. The fourth-order valence-electron chi connectivity index (χ4n) is 2.49. The lowest BCUT2D eigenvalue weighted by Crippen LogP contribution is -2.01. The van der Waals surface area contributed by atoms with Crippen LogP contribution in [0.15, 0.2) is 36.7 Å². The molecule has 4 rings (SSSR count). The summed E-state index contributed by atoms with van der Waals surface area (Å²) in [5.74, 6) is -3.39. The van der Waals surface area contributed by atoms with Crippen LogP contribution < -0.4 is 5.73 Å². The molecule has 0 amide bonds. The van der Waals surface area contributed by atoms with Crippen molar-refractivity contribution < 1.29 is 8.78 Å². The van der Waals surface area contributed by atoms with E-state index in [2.05, 4.69) is 19.9 Å². The molecule has 0 bridgehead atoms. The standard InChI is InChI=1S/C16H13F2N5/c17-16(18)6-11(16)15-20-4-3-13(23-15)12-2-1-9-8-21-10(7-19)5-14(9)22-12/h1-5,8,11H,6-7,19H2. The smallest absolute Gasteiger partial charge is 0.259 e. The Balaban J connectivity index is 1.75. The van der Waals surface area contributed by atoms with Crippen LogP contribution in [-0.2, 0) is 6.54 Å². The Labute approximate surface area is 130 Å². The largest absolute Gasteiger partial charge is 0.325 e. The van der Waals surface area contributed by atoms with E-state index in [-0.39, 0.29) is 12.2 Å². The number of hydrogen-bond donors (Lipinski definition) is 1. The number of rotatable bonds is 3. The van der Waals surface area contributed by atoms with Crippen LogP contribution in [-0.4, -0.2) is 25.9 Å². The lowest BCUT2D eigenvalue weighted by atomic mass is 10.2. The Morgan fingerprint density at radius 2 is 1.91 bits per heavy atom. The fourth-order valence-corrected chi connectivity index (χ4v) is 2.49. The average Bonchev–Trinajstić information content (AvgIpc) is 3.22. The van der Waals surface area contributed by atoms with Crippen molar-refractivity contribution in [2.45, 2.75) is 24.8 Å². The highest BCUT2D eigenvalue weighted by atomic mass is 19.3. The van der Waals surface area contributed by atoms with Gasteiger partial charge in [-0.1, -0.05) is 0 Å². The molecule has 116 valence electrons. The van der Waals surface area contributed by atoms with Gasteiger partial charge in [0, 0.05) is 30.7 Å². The van der Waals surface area contributed by atoms with E-state index in [1.54, 1.807) is 18.3 Å². The van der Waals surface area contributed by atoms with Crippen LogP contribution in [0.25, 0.3) is 22.3 Å². The molecule has 0 aliphatic heterocycles. The molecule has 1 atom stereocenters. The van der Waals surface area contributed by atoms with E-state index in [0.29, 0.717) is 17.9 Å². The molecule has 7 heteroatoms. The van der Waals surface area contributed by atoms with Gasteiger partial charge in [0.25, 0.3) is 5.92 Å². The summed E-state index contributed by atoms with van der Waals surface area (Å²) in [5, 5.41) is 0.883. The SMILES string of the molecule is NCc1cc2nc(-c3ccnc(C4CC4(F)F)n3)ccc2cn1. The Hall–Kier alpha value is -2.54. The Bertz CT molecular complexity index is 897. The predicted molar refractivity (Wildman–Crippen MR) is 80.8 cm³/mol. The highest BCUT2D eigenvalue weighted by molar-refractivity contribution is 5.80. The molecule has 1 aliphatic rings. The van der Waals surface area contributed by atoms with Crippen LogP contribution in [0, 0.1) is 0 Å². The van der Waals surface area contributed by atoms with Crippen molar-refractivity contribution in [2.24, 2.45) is 5.73 Å². The van der Waals surface area contributed by atoms with Crippen LogP contribution in [0.3, 0.4) is 0 Å². The van der Waals surface area contributed by atoms with E-state index < -0.39 is 11.8 Å². The molecule has 1 aliphatic carbocycles. The quantitative estimate of drug-likeness (QED) is 0.804. The van der Waals surface area contributed by atoms with Gasteiger partial charge >= 0.3 is 0 Å². The molecule has 23 heavy (non-hydrogen) atoms. The molecule has 0 radical (unpaired) electrons. The first-order valence-electron chi connectivity index (χ1n) is 7.24. The fraction of sp³-hybridized carbons (Fsp3) is 0.250. The second-order valence-electron chi connectivity index (χ2n) is 5.59. The van der Waals surface area contributed by atoms with Gasteiger partial charge in [-0.2, -0.15) is 0 Å². The molecule has 3 aromatic rings. The first-order valence-corrected chi connectivity index (χ1v) is 7.24.